The van der Waals surface area contributed by atoms with Gasteiger partial charge >= 0.3 is 6.03 Å². The number of amides is 3. The number of hydrogen-bond donors (Lipinski definition) is 2. The molecule has 0 radical (unpaired) electrons. The summed E-state index contributed by atoms with van der Waals surface area (Å²) >= 11 is 0. The largest absolute Gasteiger partial charge is 0.451 e. The molecule has 9 nitrogen and oxygen atoms in total. The average Bonchev–Trinajstić information content (AvgIpc) is 3.07. The van der Waals surface area contributed by atoms with Crippen LogP contribution in [0.2, 0.25) is 0 Å². The summed E-state index contributed by atoms with van der Waals surface area (Å²) in [5, 5.41) is 12.3. The van der Waals surface area contributed by atoms with Gasteiger partial charge < -0.3 is 24.6 Å². The summed E-state index contributed by atoms with van der Waals surface area (Å²) in [6.45, 7) is 7.23. The molecule has 3 rings (SSSR count). The standard InChI is InChI=1S/C18H27N3O6/c1-5-6-8-21(9-7-13(19-11(2)23)20-17(21)24)16-15-14(12(10-22)25-16)26-18(3,4)27-15/h7,9,12,14-16,22H,5-6,8,10H2,1-4H3/p+1/t12-,14-,15-,16-,21?/m1/s1. The van der Waals surface area contributed by atoms with Gasteiger partial charge in [-0.2, -0.15) is 4.48 Å². The van der Waals surface area contributed by atoms with Crippen molar-refractivity contribution in [2.75, 3.05) is 13.2 Å². The van der Waals surface area contributed by atoms with Crippen LogP contribution in [0.15, 0.2) is 17.3 Å². The molecule has 0 saturated carbocycles. The van der Waals surface area contributed by atoms with Crippen LogP contribution in [0, 0.1) is 0 Å². The van der Waals surface area contributed by atoms with Crippen molar-refractivity contribution in [3.63, 3.8) is 0 Å². The lowest BCUT2D eigenvalue weighted by atomic mass is 10.1. The zero-order valence-electron chi connectivity index (χ0n) is 16.2. The molecule has 150 valence electrons. The number of unbranched alkanes of at least 4 members (excludes halogenated alkanes) is 1. The Balaban J connectivity index is 1.94. The van der Waals surface area contributed by atoms with E-state index in [0.717, 1.165) is 12.8 Å². The van der Waals surface area contributed by atoms with Crippen LogP contribution in [-0.4, -0.2) is 70.8 Å². The Kier molecular flexibility index (Phi) is 5.51. The second-order valence-electron chi connectivity index (χ2n) is 7.60. The summed E-state index contributed by atoms with van der Waals surface area (Å²) in [4.78, 5) is 28.4. The molecule has 2 fully saturated rings. The number of hydrogen-bond acceptors (Lipinski definition) is 6. The van der Waals surface area contributed by atoms with Crippen molar-refractivity contribution >= 4 is 17.8 Å². The number of nitrogens with zero attached hydrogens (tertiary/aromatic N) is 2. The Morgan fingerprint density at radius 1 is 1.37 bits per heavy atom. The number of aliphatic imine (C=N–C) groups is 1. The number of carbonyl (C=O) groups excluding carboxylic acids is 2. The highest BCUT2D eigenvalue weighted by molar-refractivity contribution is 6.08. The molecular formula is C18H28N3O6+. The highest BCUT2D eigenvalue weighted by atomic mass is 16.8. The molecule has 2 saturated heterocycles. The van der Waals surface area contributed by atoms with Gasteiger partial charge in [0.05, 0.1) is 13.2 Å². The van der Waals surface area contributed by atoms with Gasteiger partial charge in [-0.25, -0.2) is 4.79 Å². The van der Waals surface area contributed by atoms with E-state index in [-0.39, 0.29) is 22.8 Å². The fraction of sp³-hybridized carbons (Fsp3) is 0.722. The lowest BCUT2D eigenvalue weighted by Crippen LogP contribution is -2.61. The van der Waals surface area contributed by atoms with Crippen molar-refractivity contribution in [3.05, 3.63) is 12.3 Å². The molecule has 5 atom stereocenters. The number of aliphatic hydroxyl groups excluding tert-OH is 1. The van der Waals surface area contributed by atoms with Crippen LogP contribution in [0.25, 0.3) is 0 Å². The third kappa shape index (κ3) is 3.70. The number of ether oxygens (including phenoxy) is 3. The van der Waals surface area contributed by atoms with Crippen molar-refractivity contribution < 1.29 is 33.4 Å². The van der Waals surface area contributed by atoms with E-state index in [1.165, 1.54) is 6.92 Å². The smallest absolute Gasteiger partial charge is 0.394 e. The number of urea groups is 1. The molecule has 9 heteroatoms. The first-order valence-corrected chi connectivity index (χ1v) is 9.32. The first-order chi connectivity index (χ1) is 12.7. The van der Waals surface area contributed by atoms with Gasteiger partial charge in [-0.1, -0.05) is 13.3 Å². The van der Waals surface area contributed by atoms with E-state index in [1.54, 1.807) is 26.1 Å². The maximum atomic E-state index is 13.1. The minimum Gasteiger partial charge on any atom is -0.394 e. The Bertz CT molecular complexity index is 676. The minimum atomic E-state index is -0.827. The maximum Gasteiger partial charge on any atom is 0.451 e. The van der Waals surface area contributed by atoms with Gasteiger partial charge in [0.1, 0.15) is 24.2 Å². The van der Waals surface area contributed by atoms with E-state index >= 15 is 0 Å². The predicted octanol–water partition coefficient (Wildman–Crippen LogP) is 1.02. The Hall–Kier alpha value is -1.65. The number of aliphatic hydroxyl groups is 1. The molecule has 3 heterocycles. The molecule has 1 unspecified atom stereocenters. The number of carbonyl (C=O) groups is 2. The van der Waals surface area contributed by atoms with Crippen LogP contribution in [0.4, 0.5) is 4.79 Å². The molecule has 27 heavy (non-hydrogen) atoms. The number of quaternary nitrogens is 1. The van der Waals surface area contributed by atoms with Crippen molar-refractivity contribution in [3.8, 4) is 0 Å². The average molecular weight is 382 g/mol. The lowest BCUT2D eigenvalue weighted by Gasteiger charge is -2.38. The molecule has 2 N–H and O–H groups in total. The maximum absolute atomic E-state index is 13.1. The number of amidine groups is 1. The predicted molar refractivity (Wildman–Crippen MR) is 95.4 cm³/mol. The zero-order valence-corrected chi connectivity index (χ0v) is 16.2. The van der Waals surface area contributed by atoms with Crippen LogP contribution in [0.3, 0.4) is 0 Å². The normalized spacial score (nSPS) is 37.2. The van der Waals surface area contributed by atoms with Gasteiger partial charge in [-0.15, -0.1) is 4.99 Å². The molecule has 0 aromatic rings. The van der Waals surface area contributed by atoms with Crippen molar-refractivity contribution in [1.82, 2.24) is 5.32 Å². The molecule has 3 aliphatic heterocycles. The molecule has 0 spiro atoms. The van der Waals surface area contributed by atoms with E-state index in [1.807, 2.05) is 6.92 Å². The first-order valence-electron chi connectivity index (χ1n) is 9.32. The van der Waals surface area contributed by atoms with E-state index < -0.39 is 36.4 Å². The molecule has 0 aliphatic carbocycles. The Morgan fingerprint density at radius 2 is 2.07 bits per heavy atom. The minimum absolute atomic E-state index is 0.186. The van der Waals surface area contributed by atoms with Crippen LogP contribution in [0.1, 0.15) is 40.5 Å². The molecule has 3 amide bonds. The van der Waals surface area contributed by atoms with Crippen LogP contribution in [-0.2, 0) is 19.0 Å². The first kappa shape index (κ1) is 20.1. The summed E-state index contributed by atoms with van der Waals surface area (Å²) in [7, 11) is 0. The summed E-state index contributed by atoms with van der Waals surface area (Å²) in [6.07, 6.45) is 2.72. The Morgan fingerprint density at radius 3 is 2.67 bits per heavy atom. The van der Waals surface area contributed by atoms with Gasteiger partial charge in [0.2, 0.25) is 12.1 Å². The van der Waals surface area contributed by atoms with Crippen molar-refractivity contribution in [1.29, 1.82) is 0 Å². The fourth-order valence-corrected chi connectivity index (χ4v) is 3.84. The Labute approximate surface area is 158 Å². The number of nitrogens with one attached hydrogen (secondary N) is 1. The molecule has 0 aromatic heterocycles. The molecule has 0 aromatic carbocycles. The zero-order chi connectivity index (χ0) is 19.8. The second kappa shape index (κ2) is 7.40. The van der Waals surface area contributed by atoms with Crippen molar-refractivity contribution in [2.45, 2.75) is 70.9 Å². The number of rotatable bonds is 5. The van der Waals surface area contributed by atoms with E-state index in [4.69, 9.17) is 14.2 Å². The van der Waals surface area contributed by atoms with Crippen LogP contribution >= 0.6 is 0 Å². The fourth-order valence-electron chi connectivity index (χ4n) is 3.84. The quantitative estimate of drug-likeness (QED) is 0.688. The summed E-state index contributed by atoms with van der Waals surface area (Å²) in [6, 6.07) is -0.439. The van der Waals surface area contributed by atoms with Crippen LogP contribution in [0.5, 0.6) is 0 Å². The van der Waals surface area contributed by atoms with E-state index in [2.05, 4.69) is 10.3 Å². The van der Waals surface area contributed by atoms with E-state index in [0.29, 0.717) is 6.54 Å². The van der Waals surface area contributed by atoms with Gasteiger partial charge in [-0.3, -0.25) is 4.79 Å². The van der Waals surface area contributed by atoms with Gasteiger partial charge in [-0.05, 0) is 20.3 Å². The third-order valence-electron chi connectivity index (χ3n) is 5.02. The van der Waals surface area contributed by atoms with Crippen molar-refractivity contribution in [2.24, 2.45) is 4.99 Å². The SMILES string of the molecule is CCCC[N+]1([C@@H]2O[C@H](CO)[C@H]3OC(C)(C)O[C@H]32)C=CC(NC(C)=O)=NC1=O. The number of fused-ring (bicyclic) bond motifs is 1. The highest BCUT2D eigenvalue weighted by Gasteiger charge is 2.64. The summed E-state index contributed by atoms with van der Waals surface area (Å²) in [5.41, 5.74) is 0. The van der Waals surface area contributed by atoms with Gasteiger partial charge in [0.15, 0.2) is 11.9 Å². The van der Waals surface area contributed by atoms with Gasteiger partial charge in [0.25, 0.3) is 0 Å². The molecule has 0 bridgehead atoms. The van der Waals surface area contributed by atoms with Crippen LogP contribution < -0.4 is 5.32 Å². The highest BCUT2D eigenvalue weighted by Crippen LogP contribution is 2.43. The topological polar surface area (TPSA) is 106 Å². The van der Waals surface area contributed by atoms with E-state index in [9.17, 15) is 14.7 Å². The monoisotopic (exact) mass is 382 g/mol. The molecular weight excluding hydrogens is 354 g/mol. The lowest BCUT2D eigenvalue weighted by molar-refractivity contribution is -0.854. The third-order valence-corrected chi connectivity index (χ3v) is 5.02. The second-order valence-corrected chi connectivity index (χ2v) is 7.60. The molecule has 3 aliphatic rings. The summed E-state index contributed by atoms with van der Waals surface area (Å²) < 4.78 is 17.8. The van der Waals surface area contributed by atoms with Gasteiger partial charge in [0, 0.05) is 13.0 Å². The summed E-state index contributed by atoms with van der Waals surface area (Å²) in [5.74, 6) is -0.923.